The van der Waals surface area contributed by atoms with Crippen LogP contribution in [0.1, 0.15) is 16.3 Å². The maximum atomic E-state index is 11.4. The highest BCUT2D eigenvalue weighted by Gasteiger charge is 2.09. The first-order valence-corrected chi connectivity index (χ1v) is 3.98. The summed E-state index contributed by atoms with van der Waals surface area (Å²) in [5, 5.41) is 7.08. The fourth-order valence-corrected chi connectivity index (χ4v) is 0.987. The van der Waals surface area contributed by atoms with Crippen molar-refractivity contribution in [3.05, 3.63) is 36.3 Å². The zero-order chi connectivity index (χ0) is 9.97. The molecular weight excluding hydrogens is 184 g/mol. The molecule has 2 heterocycles. The predicted molar refractivity (Wildman–Crippen MR) is 47.2 cm³/mol. The number of aryl methyl sites for hydroxylation is 1. The molecule has 2 aromatic heterocycles. The van der Waals surface area contributed by atoms with Gasteiger partial charge in [-0.1, -0.05) is 0 Å². The van der Waals surface area contributed by atoms with Crippen molar-refractivity contribution in [3.8, 4) is 0 Å². The van der Waals surface area contributed by atoms with Gasteiger partial charge in [0.1, 0.15) is 18.4 Å². The molecule has 6 nitrogen and oxygen atoms in total. The van der Waals surface area contributed by atoms with Gasteiger partial charge in [0.15, 0.2) is 5.76 Å². The SMILES string of the molecule is Cc1ccc(C(=O)Nn2cnnc2)o1. The number of hydrogen-bond acceptors (Lipinski definition) is 4. The molecule has 0 aromatic carbocycles. The molecule has 2 aromatic rings. The lowest BCUT2D eigenvalue weighted by molar-refractivity contribution is 0.0980. The molecule has 0 aliphatic rings. The molecule has 2 rings (SSSR count). The van der Waals surface area contributed by atoms with E-state index in [1.54, 1.807) is 19.1 Å². The maximum Gasteiger partial charge on any atom is 0.305 e. The summed E-state index contributed by atoms with van der Waals surface area (Å²) < 4.78 is 6.48. The highest BCUT2D eigenvalue weighted by Crippen LogP contribution is 2.05. The Morgan fingerprint density at radius 2 is 2.14 bits per heavy atom. The van der Waals surface area contributed by atoms with Crippen molar-refractivity contribution in [2.45, 2.75) is 6.92 Å². The van der Waals surface area contributed by atoms with E-state index in [1.807, 2.05) is 0 Å². The monoisotopic (exact) mass is 192 g/mol. The van der Waals surface area contributed by atoms with Gasteiger partial charge in [-0.2, -0.15) is 0 Å². The standard InChI is InChI=1S/C8H8N4O2/c1-6-2-3-7(14-6)8(13)11-12-4-9-10-5-12/h2-5H,1H3,(H,11,13). The molecule has 0 fully saturated rings. The number of hydrogen-bond donors (Lipinski definition) is 1. The van der Waals surface area contributed by atoms with Gasteiger partial charge < -0.3 is 4.42 Å². The molecule has 0 saturated carbocycles. The van der Waals surface area contributed by atoms with Gasteiger partial charge in [-0.25, -0.2) is 4.68 Å². The lowest BCUT2D eigenvalue weighted by Crippen LogP contribution is -2.20. The van der Waals surface area contributed by atoms with Crippen LogP contribution in [0.2, 0.25) is 0 Å². The van der Waals surface area contributed by atoms with Crippen LogP contribution in [0.4, 0.5) is 0 Å². The summed E-state index contributed by atoms with van der Waals surface area (Å²) in [5.74, 6) is 0.619. The van der Waals surface area contributed by atoms with Crippen molar-refractivity contribution in [2.24, 2.45) is 0 Å². The zero-order valence-corrected chi connectivity index (χ0v) is 7.47. The van der Waals surface area contributed by atoms with Gasteiger partial charge in [-0.05, 0) is 19.1 Å². The number of carbonyl (C=O) groups excluding carboxylic acids is 1. The third-order valence-corrected chi connectivity index (χ3v) is 1.61. The van der Waals surface area contributed by atoms with Crippen LogP contribution in [-0.2, 0) is 0 Å². The van der Waals surface area contributed by atoms with Crippen LogP contribution in [0.3, 0.4) is 0 Å². The van der Waals surface area contributed by atoms with Crippen LogP contribution < -0.4 is 5.43 Å². The van der Waals surface area contributed by atoms with Crippen molar-refractivity contribution in [2.75, 3.05) is 5.43 Å². The quantitative estimate of drug-likeness (QED) is 0.754. The lowest BCUT2D eigenvalue weighted by atomic mass is 10.4. The van der Waals surface area contributed by atoms with E-state index in [-0.39, 0.29) is 11.7 Å². The summed E-state index contributed by atoms with van der Waals surface area (Å²) in [5.41, 5.74) is 2.51. The number of rotatable bonds is 2. The second kappa shape index (κ2) is 3.33. The van der Waals surface area contributed by atoms with Crippen LogP contribution in [0.5, 0.6) is 0 Å². The van der Waals surface area contributed by atoms with Crippen LogP contribution in [0.15, 0.2) is 29.2 Å². The lowest BCUT2D eigenvalue weighted by Gasteiger charge is -2.00. The van der Waals surface area contributed by atoms with Gasteiger partial charge in [-0.3, -0.25) is 10.2 Å². The van der Waals surface area contributed by atoms with E-state index in [9.17, 15) is 4.79 Å². The average molecular weight is 192 g/mol. The van der Waals surface area contributed by atoms with Crippen LogP contribution in [-0.4, -0.2) is 20.8 Å². The molecular formula is C8H8N4O2. The number of amides is 1. The molecule has 0 saturated heterocycles. The van der Waals surface area contributed by atoms with E-state index in [0.29, 0.717) is 5.76 Å². The van der Waals surface area contributed by atoms with E-state index in [1.165, 1.54) is 17.3 Å². The van der Waals surface area contributed by atoms with Crippen molar-refractivity contribution in [1.29, 1.82) is 0 Å². The molecule has 72 valence electrons. The largest absolute Gasteiger partial charge is 0.456 e. The molecule has 1 N–H and O–H groups in total. The first-order valence-electron chi connectivity index (χ1n) is 3.98. The summed E-state index contributed by atoms with van der Waals surface area (Å²) in [6.45, 7) is 1.77. The molecule has 0 aliphatic heterocycles. The van der Waals surface area contributed by atoms with Crippen molar-refractivity contribution < 1.29 is 9.21 Å². The van der Waals surface area contributed by atoms with Gasteiger partial charge >= 0.3 is 5.91 Å². The van der Waals surface area contributed by atoms with Gasteiger partial charge in [-0.15, -0.1) is 10.2 Å². The summed E-state index contributed by atoms with van der Waals surface area (Å²) in [6.07, 6.45) is 2.77. The summed E-state index contributed by atoms with van der Waals surface area (Å²) in [4.78, 5) is 11.4. The van der Waals surface area contributed by atoms with Gasteiger partial charge in [0, 0.05) is 0 Å². The van der Waals surface area contributed by atoms with E-state index < -0.39 is 0 Å². The second-order valence-corrected chi connectivity index (χ2v) is 2.72. The first-order chi connectivity index (χ1) is 6.75. The maximum absolute atomic E-state index is 11.4. The highest BCUT2D eigenvalue weighted by atomic mass is 16.3. The van der Waals surface area contributed by atoms with Crippen LogP contribution >= 0.6 is 0 Å². The third-order valence-electron chi connectivity index (χ3n) is 1.61. The number of nitrogens with zero attached hydrogens (tertiary/aromatic N) is 3. The summed E-state index contributed by atoms with van der Waals surface area (Å²) >= 11 is 0. The minimum absolute atomic E-state index is 0.260. The summed E-state index contributed by atoms with van der Waals surface area (Å²) in [6, 6.07) is 3.33. The minimum Gasteiger partial charge on any atom is -0.456 e. The van der Waals surface area contributed by atoms with Gasteiger partial charge in [0.2, 0.25) is 0 Å². The van der Waals surface area contributed by atoms with Gasteiger partial charge in [0.05, 0.1) is 0 Å². The smallest absolute Gasteiger partial charge is 0.305 e. The normalized spacial score (nSPS) is 10.1. The number of carbonyl (C=O) groups is 1. The van der Waals surface area contributed by atoms with E-state index in [4.69, 9.17) is 4.42 Å². The van der Waals surface area contributed by atoms with E-state index >= 15 is 0 Å². The van der Waals surface area contributed by atoms with E-state index in [2.05, 4.69) is 15.6 Å². The third kappa shape index (κ3) is 1.63. The molecule has 0 radical (unpaired) electrons. The number of nitrogens with one attached hydrogen (secondary N) is 1. The Morgan fingerprint density at radius 3 is 2.71 bits per heavy atom. The minimum atomic E-state index is -0.335. The highest BCUT2D eigenvalue weighted by molar-refractivity contribution is 5.97. The molecule has 0 spiro atoms. The summed E-state index contributed by atoms with van der Waals surface area (Å²) in [7, 11) is 0. The van der Waals surface area contributed by atoms with E-state index in [0.717, 1.165) is 0 Å². The fraction of sp³-hybridized carbons (Fsp3) is 0.125. The number of aromatic nitrogens is 3. The Morgan fingerprint density at radius 1 is 1.43 bits per heavy atom. The van der Waals surface area contributed by atoms with Crippen molar-refractivity contribution >= 4 is 5.91 Å². The Balaban J connectivity index is 2.10. The Hall–Kier alpha value is -2.11. The average Bonchev–Trinajstić information content (AvgIpc) is 2.75. The molecule has 0 bridgehead atoms. The molecule has 0 aliphatic carbocycles. The molecule has 14 heavy (non-hydrogen) atoms. The molecule has 6 heteroatoms. The van der Waals surface area contributed by atoms with Crippen LogP contribution in [0, 0.1) is 6.92 Å². The Kier molecular flexibility index (Phi) is 2.02. The van der Waals surface area contributed by atoms with Crippen molar-refractivity contribution in [3.63, 3.8) is 0 Å². The zero-order valence-electron chi connectivity index (χ0n) is 7.47. The Bertz CT molecular complexity index is 432. The Labute approximate surface area is 79.5 Å². The number of furan rings is 1. The van der Waals surface area contributed by atoms with Gasteiger partial charge in [0.25, 0.3) is 0 Å². The first kappa shape index (κ1) is 8.49. The molecule has 0 unspecified atom stereocenters. The fourth-order valence-electron chi connectivity index (χ4n) is 0.987. The predicted octanol–water partition coefficient (Wildman–Crippen LogP) is 0.563. The van der Waals surface area contributed by atoms with Crippen molar-refractivity contribution in [1.82, 2.24) is 14.9 Å². The van der Waals surface area contributed by atoms with Crippen LogP contribution in [0.25, 0.3) is 0 Å². The molecule has 1 amide bonds. The second-order valence-electron chi connectivity index (χ2n) is 2.72. The topological polar surface area (TPSA) is 73.0 Å². The molecule has 0 atom stereocenters.